The fourth-order valence-electron chi connectivity index (χ4n) is 2.87. The molecule has 2 atom stereocenters. The first kappa shape index (κ1) is 22.8. The number of ether oxygens (including phenoxy) is 1. The lowest BCUT2D eigenvalue weighted by molar-refractivity contribution is -0.168. The molecule has 7 heteroatoms. The lowest BCUT2D eigenvalue weighted by Crippen LogP contribution is -2.61. The van der Waals surface area contributed by atoms with Crippen molar-refractivity contribution in [3.05, 3.63) is 60.2 Å². The Morgan fingerprint density at radius 2 is 1.57 bits per heavy atom. The molecule has 1 amide bonds. The van der Waals surface area contributed by atoms with Crippen molar-refractivity contribution in [2.75, 3.05) is 0 Å². The first-order valence-electron chi connectivity index (χ1n) is 9.61. The molecule has 0 heterocycles. The van der Waals surface area contributed by atoms with Crippen LogP contribution in [0.5, 0.6) is 0 Å². The molecule has 0 aliphatic rings. The summed E-state index contributed by atoms with van der Waals surface area (Å²) in [5.74, 6) is -4.19. The molecule has 0 saturated carbocycles. The molecule has 158 valence electrons. The van der Waals surface area contributed by atoms with Gasteiger partial charge in [-0.25, -0.2) is 9.59 Å². The zero-order valence-electron chi connectivity index (χ0n) is 17.2. The quantitative estimate of drug-likeness (QED) is 0.372. The van der Waals surface area contributed by atoms with E-state index >= 15 is 0 Å². The Morgan fingerprint density at radius 3 is 2.07 bits per heavy atom. The number of Topliss-reactive ketones (excluding diaryl/α,β-unsaturated/α-hetero) is 1. The van der Waals surface area contributed by atoms with Gasteiger partial charge in [0.25, 0.3) is 0 Å². The highest BCUT2D eigenvalue weighted by Gasteiger charge is 2.51. The van der Waals surface area contributed by atoms with Crippen molar-refractivity contribution in [2.24, 2.45) is 0 Å². The van der Waals surface area contributed by atoms with Crippen LogP contribution in [-0.2, 0) is 19.1 Å². The van der Waals surface area contributed by atoms with Crippen molar-refractivity contribution in [2.45, 2.75) is 45.3 Å². The monoisotopic (exact) mass is 411 g/mol. The number of hydrogen-bond acceptors (Lipinski definition) is 5. The number of carbonyl (C=O) groups is 4. The predicted molar refractivity (Wildman–Crippen MR) is 111 cm³/mol. The molecule has 2 N–H and O–H groups in total. The minimum absolute atomic E-state index is 0.224. The van der Waals surface area contributed by atoms with Gasteiger partial charge in [-0.3, -0.25) is 9.59 Å². The van der Waals surface area contributed by atoms with E-state index in [4.69, 9.17) is 4.74 Å². The van der Waals surface area contributed by atoms with Gasteiger partial charge in [0.2, 0.25) is 11.4 Å². The maximum atomic E-state index is 12.8. The van der Waals surface area contributed by atoms with Gasteiger partial charge in [-0.2, -0.15) is 0 Å². The van der Waals surface area contributed by atoms with Crippen LogP contribution in [0.25, 0.3) is 11.1 Å². The van der Waals surface area contributed by atoms with E-state index in [1.54, 1.807) is 38.1 Å². The van der Waals surface area contributed by atoms with Crippen molar-refractivity contribution >= 4 is 23.6 Å². The lowest BCUT2D eigenvalue weighted by atomic mass is 9.89. The first-order chi connectivity index (χ1) is 14.2. The van der Waals surface area contributed by atoms with Gasteiger partial charge in [0.05, 0.1) is 12.5 Å². The zero-order valence-corrected chi connectivity index (χ0v) is 17.2. The number of benzene rings is 2. The summed E-state index contributed by atoms with van der Waals surface area (Å²) in [5.41, 5.74) is -0.423. The SMILES string of the molecule is CCC(C)OC(=O)C(CC(=O)c1ccc(-c2ccccc2)cc1)(NC(C)=O)C(=O)O. The van der Waals surface area contributed by atoms with Crippen LogP contribution in [0.15, 0.2) is 54.6 Å². The molecule has 0 aliphatic heterocycles. The molecule has 0 aromatic heterocycles. The third-order valence-corrected chi connectivity index (χ3v) is 4.73. The van der Waals surface area contributed by atoms with Gasteiger partial charge in [-0.15, -0.1) is 0 Å². The van der Waals surface area contributed by atoms with E-state index in [9.17, 15) is 24.3 Å². The molecule has 30 heavy (non-hydrogen) atoms. The van der Waals surface area contributed by atoms with E-state index in [1.165, 1.54) is 0 Å². The second kappa shape index (κ2) is 9.82. The van der Waals surface area contributed by atoms with Gasteiger partial charge in [-0.1, -0.05) is 61.5 Å². The van der Waals surface area contributed by atoms with Crippen molar-refractivity contribution < 1.29 is 29.0 Å². The maximum Gasteiger partial charge on any atom is 0.344 e. The largest absolute Gasteiger partial charge is 0.479 e. The predicted octanol–water partition coefficient (Wildman–Crippen LogP) is 3.23. The van der Waals surface area contributed by atoms with Gasteiger partial charge in [0, 0.05) is 12.5 Å². The number of aliphatic carboxylic acids is 1. The average Bonchev–Trinajstić information content (AvgIpc) is 2.73. The van der Waals surface area contributed by atoms with Crippen LogP contribution in [0.4, 0.5) is 0 Å². The Labute approximate surface area is 175 Å². The van der Waals surface area contributed by atoms with Gasteiger partial charge in [0.15, 0.2) is 5.78 Å². The molecule has 7 nitrogen and oxygen atoms in total. The van der Waals surface area contributed by atoms with E-state index in [2.05, 4.69) is 5.32 Å². The van der Waals surface area contributed by atoms with E-state index in [1.807, 2.05) is 30.3 Å². The molecule has 0 fully saturated rings. The summed E-state index contributed by atoms with van der Waals surface area (Å²) in [4.78, 5) is 49.1. The number of carboxylic acids is 1. The van der Waals surface area contributed by atoms with E-state index in [0.717, 1.165) is 18.1 Å². The number of amides is 1. The summed E-state index contributed by atoms with van der Waals surface area (Å²) in [5, 5.41) is 11.9. The molecule has 2 aromatic rings. The highest BCUT2D eigenvalue weighted by molar-refractivity contribution is 6.12. The molecular formula is C23H25NO6. The second-order valence-corrected chi connectivity index (χ2v) is 7.06. The molecule has 0 saturated heterocycles. The molecule has 0 bridgehead atoms. The summed E-state index contributed by atoms with van der Waals surface area (Å²) >= 11 is 0. The van der Waals surface area contributed by atoms with E-state index in [0.29, 0.717) is 6.42 Å². The summed E-state index contributed by atoms with van der Waals surface area (Å²) in [6, 6.07) is 16.1. The molecule has 2 unspecified atom stereocenters. The van der Waals surface area contributed by atoms with Gasteiger partial charge >= 0.3 is 11.9 Å². The number of rotatable bonds is 9. The third-order valence-electron chi connectivity index (χ3n) is 4.73. The standard InChI is InChI=1S/C23H25NO6/c1-4-15(2)30-22(29)23(21(27)28,24-16(3)25)14-20(26)19-12-10-18(11-13-19)17-8-6-5-7-9-17/h5-13,15H,4,14H2,1-3H3,(H,24,25)(H,27,28). The topological polar surface area (TPSA) is 110 Å². The highest BCUT2D eigenvalue weighted by atomic mass is 16.5. The van der Waals surface area contributed by atoms with Crippen LogP contribution in [0.2, 0.25) is 0 Å². The van der Waals surface area contributed by atoms with Crippen LogP contribution >= 0.6 is 0 Å². The van der Waals surface area contributed by atoms with Crippen molar-refractivity contribution in [1.29, 1.82) is 0 Å². The van der Waals surface area contributed by atoms with Crippen LogP contribution in [-0.4, -0.2) is 40.4 Å². The smallest absolute Gasteiger partial charge is 0.344 e. The van der Waals surface area contributed by atoms with Crippen LogP contribution in [0.1, 0.15) is 44.0 Å². The van der Waals surface area contributed by atoms with Gasteiger partial charge in [-0.05, 0) is 24.5 Å². The molecular weight excluding hydrogens is 386 g/mol. The number of hydrogen-bond donors (Lipinski definition) is 2. The highest BCUT2D eigenvalue weighted by Crippen LogP contribution is 2.23. The Balaban J connectivity index is 2.32. The number of esters is 1. The number of ketones is 1. The Hall–Kier alpha value is -3.48. The number of nitrogens with one attached hydrogen (secondary N) is 1. The summed E-state index contributed by atoms with van der Waals surface area (Å²) in [6.07, 6.45) is -0.872. The molecule has 0 radical (unpaired) electrons. The van der Waals surface area contributed by atoms with Gasteiger partial charge < -0.3 is 15.2 Å². The number of carbonyl (C=O) groups excluding carboxylic acids is 3. The molecule has 2 rings (SSSR count). The van der Waals surface area contributed by atoms with Crippen molar-refractivity contribution in [3.63, 3.8) is 0 Å². The Morgan fingerprint density at radius 1 is 1.00 bits per heavy atom. The van der Waals surface area contributed by atoms with Crippen LogP contribution in [0, 0.1) is 0 Å². The fourth-order valence-corrected chi connectivity index (χ4v) is 2.87. The minimum Gasteiger partial charge on any atom is -0.479 e. The fraction of sp³-hybridized carbons (Fsp3) is 0.304. The van der Waals surface area contributed by atoms with E-state index in [-0.39, 0.29) is 5.56 Å². The zero-order chi connectivity index (χ0) is 22.3. The Bertz CT molecular complexity index is 922. The lowest BCUT2D eigenvalue weighted by Gasteiger charge is -2.28. The summed E-state index contributed by atoms with van der Waals surface area (Å²) < 4.78 is 5.15. The first-order valence-corrected chi connectivity index (χ1v) is 9.61. The van der Waals surface area contributed by atoms with Crippen LogP contribution < -0.4 is 5.32 Å². The number of carboxylic acid groups (broad SMARTS) is 1. The molecule has 0 spiro atoms. The molecule has 0 aliphatic carbocycles. The van der Waals surface area contributed by atoms with E-state index < -0.39 is 41.7 Å². The van der Waals surface area contributed by atoms with Crippen LogP contribution in [0.3, 0.4) is 0 Å². The van der Waals surface area contributed by atoms with Crippen molar-refractivity contribution in [3.8, 4) is 11.1 Å². The maximum absolute atomic E-state index is 12.8. The normalized spacial score (nSPS) is 13.6. The minimum atomic E-state index is -2.50. The van der Waals surface area contributed by atoms with Gasteiger partial charge in [0.1, 0.15) is 0 Å². The Kier molecular flexibility index (Phi) is 7.47. The second-order valence-electron chi connectivity index (χ2n) is 7.06. The average molecular weight is 411 g/mol. The molecule has 2 aromatic carbocycles. The van der Waals surface area contributed by atoms with Crippen molar-refractivity contribution in [1.82, 2.24) is 5.32 Å². The summed E-state index contributed by atoms with van der Waals surface area (Å²) in [6.45, 7) is 4.44. The third kappa shape index (κ3) is 5.31. The summed E-state index contributed by atoms with van der Waals surface area (Å²) in [7, 11) is 0.